The molecule has 7 heteroatoms. The van der Waals surface area contributed by atoms with Gasteiger partial charge in [-0.3, -0.25) is 9.78 Å². The largest absolute Gasteiger partial charge is 0.491 e. The van der Waals surface area contributed by atoms with E-state index >= 15 is 0 Å². The normalized spacial score (nSPS) is 10.6. The molecule has 0 aliphatic heterocycles. The average Bonchev–Trinajstić information content (AvgIpc) is 2.56. The highest BCUT2D eigenvalue weighted by Crippen LogP contribution is 2.18. The van der Waals surface area contributed by atoms with Crippen molar-refractivity contribution in [3.05, 3.63) is 66.2 Å². The summed E-state index contributed by atoms with van der Waals surface area (Å²) >= 11 is 0. The molecule has 0 fully saturated rings. The molecule has 0 bridgehead atoms. The van der Waals surface area contributed by atoms with Gasteiger partial charge in [-0.2, -0.15) is 0 Å². The zero-order valence-corrected chi connectivity index (χ0v) is 12.6. The van der Waals surface area contributed by atoms with Crippen LogP contribution in [0, 0.1) is 5.82 Å². The van der Waals surface area contributed by atoms with Crippen molar-refractivity contribution in [2.45, 2.75) is 6.42 Å². The highest BCUT2D eigenvalue weighted by Gasteiger charge is 2.17. The van der Waals surface area contributed by atoms with E-state index in [2.05, 4.69) is 10.3 Å². The molecule has 0 saturated heterocycles. The Morgan fingerprint density at radius 1 is 1.12 bits per heavy atom. The van der Waals surface area contributed by atoms with Gasteiger partial charge in [-0.1, -0.05) is 18.2 Å². The smallest absolute Gasteiger partial charge is 0.423 e. The molecule has 1 amide bonds. The number of rotatable bonds is 4. The van der Waals surface area contributed by atoms with Gasteiger partial charge in [0.05, 0.1) is 6.42 Å². The van der Waals surface area contributed by atoms with E-state index in [0.29, 0.717) is 11.3 Å². The lowest BCUT2D eigenvalue weighted by molar-refractivity contribution is -0.115. The molecule has 0 spiro atoms. The molecule has 0 unspecified atom stereocenters. The molecule has 0 atom stereocenters. The Bertz CT molecular complexity index is 902. The summed E-state index contributed by atoms with van der Waals surface area (Å²) in [5, 5.41) is 22.9. The summed E-state index contributed by atoms with van der Waals surface area (Å²) in [6, 6.07) is 11.1. The fourth-order valence-electron chi connectivity index (χ4n) is 2.45. The predicted molar refractivity (Wildman–Crippen MR) is 90.3 cm³/mol. The zero-order valence-electron chi connectivity index (χ0n) is 12.6. The van der Waals surface area contributed by atoms with Crippen LogP contribution in [0.2, 0.25) is 0 Å². The summed E-state index contributed by atoms with van der Waals surface area (Å²) in [4.78, 5) is 16.2. The number of carbonyl (C=O) groups is 1. The summed E-state index contributed by atoms with van der Waals surface area (Å²) in [5.74, 6) is -1.01. The lowest BCUT2D eigenvalue weighted by Gasteiger charge is -2.08. The second kappa shape index (κ2) is 6.78. The monoisotopic (exact) mass is 324 g/mol. The highest BCUT2D eigenvalue weighted by atomic mass is 19.1. The third kappa shape index (κ3) is 3.59. The van der Waals surface area contributed by atoms with Crippen LogP contribution in [-0.2, 0) is 11.2 Å². The Morgan fingerprint density at radius 3 is 2.75 bits per heavy atom. The van der Waals surface area contributed by atoms with Gasteiger partial charge in [0.2, 0.25) is 5.91 Å². The Balaban J connectivity index is 1.74. The number of anilines is 1. The molecular formula is C17H14BFN2O3. The summed E-state index contributed by atoms with van der Waals surface area (Å²) in [6.07, 6.45) is 3.41. The predicted octanol–water partition coefficient (Wildman–Crippen LogP) is 1.23. The van der Waals surface area contributed by atoms with E-state index in [1.807, 2.05) is 18.2 Å². The summed E-state index contributed by atoms with van der Waals surface area (Å²) in [5.41, 5.74) is 0.878. The van der Waals surface area contributed by atoms with Crippen molar-refractivity contribution in [3.8, 4) is 0 Å². The van der Waals surface area contributed by atoms with Crippen LogP contribution in [0.15, 0.2) is 54.9 Å². The molecular weight excluding hydrogens is 310 g/mol. The number of amides is 1. The first kappa shape index (κ1) is 16.1. The summed E-state index contributed by atoms with van der Waals surface area (Å²) in [7, 11) is -1.91. The van der Waals surface area contributed by atoms with Crippen LogP contribution in [0.4, 0.5) is 10.1 Å². The van der Waals surface area contributed by atoms with Crippen LogP contribution >= 0.6 is 0 Å². The third-order valence-corrected chi connectivity index (χ3v) is 3.63. The number of aromatic nitrogens is 1. The summed E-state index contributed by atoms with van der Waals surface area (Å²) in [6.45, 7) is 0. The number of carbonyl (C=O) groups excluding carboxylic acids is 1. The second-order valence-corrected chi connectivity index (χ2v) is 5.39. The van der Waals surface area contributed by atoms with Gasteiger partial charge in [0.25, 0.3) is 0 Å². The van der Waals surface area contributed by atoms with Crippen molar-refractivity contribution in [2.24, 2.45) is 0 Å². The zero-order chi connectivity index (χ0) is 17.1. The minimum atomic E-state index is -1.91. The van der Waals surface area contributed by atoms with Gasteiger partial charge in [0.1, 0.15) is 5.82 Å². The SMILES string of the molecule is O=C(Cc1ccc(F)c(B(O)O)c1)Nc1ccc2cnccc2c1. The maximum Gasteiger partial charge on any atom is 0.491 e. The number of hydrogen-bond acceptors (Lipinski definition) is 4. The quantitative estimate of drug-likeness (QED) is 0.631. The lowest BCUT2D eigenvalue weighted by Crippen LogP contribution is -2.33. The van der Waals surface area contributed by atoms with Crippen molar-refractivity contribution < 1.29 is 19.2 Å². The van der Waals surface area contributed by atoms with Crippen LogP contribution in [0.3, 0.4) is 0 Å². The van der Waals surface area contributed by atoms with Crippen LogP contribution < -0.4 is 10.8 Å². The van der Waals surface area contributed by atoms with Crippen molar-refractivity contribution in [2.75, 3.05) is 5.32 Å². The summed E-state index contributed by atoms with van der Waals surface area (Å²) < 4.78 is 13.4. The maximum atomic E-state index is 13.4. The van der Waals surface area contributed by atoms with Gasteiger partial charge < -0.3 is 15.4 Å². The van der Waals surface area contributed by atoms with E-state index in [0.717, 1.165) is 16.8 Å². The van der Waals surface area contributed by atoms with E-state index < -0.39 is 12.9 Å². The van der Waals surface area contributed by atoms with Crippen molar-refractivity contribution in [1.29, 1.82) is 0 Å². The standard InChI is InChI=1S/C17H14BFN2O3/c19-16-4-1-11(7-15(16)18(23)24)8-17(22)21-14-3-2-13-10-20-6-5-12(13)9-14/h1-7,9-10,23-24H,8H2,(H,21,22). The van der Waals surface area contributed by atoms with E-state index in [1.54, 1.807) is 18.5 Å². The first-order valence-corrected chi connectivity index (χ1v) is 7.31. The molecule has 1 aromatic heterocycles. The Hall–Kier alpha value is -2.77. The number of benzene rings is 2. The van der Waals surface area contributed by atoms with E-state index in [-0.39, 0.29) is 17.8 Å². The minimum absolute atomic E-state index is 0.00557. The molecule has 1 heterocycles. The number of hydrogen-bond donors (Lipinski definition) is 3. The topological polar surface area (TPSA) is 82.5 Å². The molecule has 0 aliphatic rings. The molecule has 120 valence electrons. The number of pyridine rings is 1. The molecule has 3 rings (SSSR count). The van der Waals surface area contributed by atoms with Gasteiger partial charge in [-0.05, 0) is 35.2 Å². The Morgan fingerprint density at radius 2 is 1.96 bits per heavy atom. The van der Waals surface area contributed by atoms with Gasteiger partial charge >= 0.3 is 7.12 Å². The molecule has 3 N–H and O–H groups in total. The van der Waals surface area contributed by atoms with Crippen LogP contribution in [0.5, 0.6) is 0 Å². The molecule has 3 aromatic rings. The maximum absolute atomic E-state index is 13.4. The number of nitrogens with one attached hydrogen (secondary N) is 1. The Kier molecular flexibility index (Phi) is 4.55. The van der Waals surface area contributed by atoms with E-state index in [4.69, 9.17) is 10.0 Å². The number of nitrogens with zero attached hydrogens (tertiary/aromatic N) is 1. The van der Waals surface area contributed by atoms with Crippen molar-refractivity contribution in [3.63, 3.8) is 0 Å². The lowest BCUT2D eigenvalue weighted by atomic mass is 9.79. The molecule has 5 nitrogen and oxygen atoms in total. The van der Waals surface area contributed by atoms with Crippen molar-refractivity contribution >= 4 is 34.9 Å². The first-order chi connectivity index (χ1) is 11.5. The van der Waals surface area contributed by atoms with Crippen LogP contribution in [0.25, 0.3) is 10.8 Å². The average molecular weight is 324 g/mol. The third-order valence-electron chi connectivity index (χ3n) is 3.63. The minimum Gasteiger partial charge on any atom is -0.423 e. The molecule has 0 radical (unpaired) electrons. The number of halogens is 1. The van der Waals surface area contributed by atoms with E-state index in [1.165, 1.54) is 12.1 Å². The highest BCUT2D eigenvalue weighted by molar-refractivity contribution is 6.58. The van der Waals surface area contributed by atoms with Gasteiger partial charge in [-0.15, -0.1) is 0 Å². The van der Waals surface area contributed by atoms with Crippen LogP contribution in [-0.4, -0.2) is 28.1 Å². The fraction of sp³-hybridized carbons (Fsp3) is 0.0588. The first-order valence-electron chi connectivity index (χ1n) is 7.31. The van der Waals surface area contributed by atoms with Crippen LogP contribution in [0.1, 0.15) is 5.56 Å². The molecule has 0 aliphatic carbocycles. The molecule has 24 heavy (non-hydrogen) atoms. The van der Waals surface area contributed by atoms with Gasteiger partial charge in [0, 0.05) is 28.9 Å². The molecule has 2 aromatic carbocycles. The van der Waals surface area contributed by atoms with Gasteiger partial charge in [-0.25, -0.2) is 4.39 Å². The van der Waals surface area contributed by atoms with E-state index in [9.17, 15) is 9.18 Å². The Labute approximate surface area is 137 Å². The number of fused-ring (bicyclic) bond motifs is 1. The second-order valence-electron chi connectivity index (χ2n) is 5.39. The van der Waals surface area contributed by atoms with Gasteiger partial charge in [0.15, 0.2) is 0 Å². The fourth-order valence-corrected chi connectivity index (χ4v) is 2.45. The molecule has 0 saturated carbocycles. The van der Waals surface area contributed by atoms with Crippen molar-refractivity contribution in [1.82, 2.24) is 4.98 Å².